The zero-order valence-corrected chi connectivity index (χ0v) is 23.3. The summed E-state index contributed by atoms with van der Waals surface area (Å²) >= 11 is 0. The monoisotopic (exact) mass is 528 g/mol. The zero-order valence-electron chi connectivity index (χ0n) is 23.3. The molecule has 206 valence electrons. The molecule has 0 aromatic heterocycles. The third-order valence-corrected chi connectivity index (χ3v) is 6.99. The van der Waals surface area contributed by atoms with Crippen molar-refractivity contribution in [3.05, 3.63) is 95.6 Å². The van der Waals surface area contributed by atoms with Gasteiger partial charge in [-0.05, 0) is 35.7 Å². The van der Waals surface area contributed by atoms with Gasteiger partial charge in [-0.15, -0.1) is 0 Å². The van der Waals surface area contributed by atoms with Crippen LogP contribution in [0.5, 0.6) is 23.0 Å². The average Bonchev–Trinajstić information content (AvgIpc) is 2.99. The molecule has 4 rings (SSSR count). The molecule has 0 amide bonds. The molecule has 0 spiro atoms. The molecule has 0 aliphatic carbocycles. The fourth-order valence-corrected chi connectivity index (χ4v) is 4.89. The molecule has 0 saturated heterocycles. The fourth-order valence-electron chi connectivity index (χ4n) is 4.89. The van der Waals surface area contributed by atoms with Gasteiger partial charge in [0.25, 0.3) is 0 Å². The lowest BCUT2D eigenvalue weighted by Crippen LogP contribution is -2.05. The maximum atomic E-state index is 11.3. The molecule has 0 fully saturated rings. The predicted octanol–water partition coefficient (Wildman–Crippen LogP) is 8.41. The van der Waals surface area contributed by atoms with Crippen LogP contribution in [0, 0.1) is 0 Å². The van der Waals surface area contributed by atoms with Crippen LogP contribution in [-0.4, -0.2) is 19.3 Å². The topological polar surface area (TPSA) is 57.2 Å². The van der Waals surface area contributed by atoms with E-state index in [0.29, 0.717) is 48.2 Å². The van der Waals surface area contributed by atoms with Gasteiger partial charge in [-0.25, -0.2) is 0 Å². The summed E-state index contributed by atoms with van der Waals surface area (Å²) in [5.41, 5.74) is 2.82. The highest BCUT2D eigenvalue weighted by Crippen LogP contribution is 2.48. The van der Waals surface area contributed by atoms with E-state index in [1.165, 1.54) is 19.3 Å². The highest BCUT2D eigenvalue weighted by Gasteiger charge is 2.24. The van der Waals surface area contributed by atoms with Gasteiger partial charge in [0.05, 0.1) is 31.1 Å². The van der Waals surface area contributed by atoms with E-state index >= 15 is 0 Å². The Morgan fingerprint density at radius 3 is 1.74 bits per heavy atom. The van der Waals surface area contributed by atoms with Crippen LogP contribution in [0.4, 0.5) is 0 Å². The van der Waals surface area contributed by atoms with Gasteiger partial charge in [-0.2, -0.15) is 0 Å². The largest absolute Gasteiger partial charge is 0.496 e. The molecule has 0 aliphatic rings. The maximum Gasteiger partial charge on any atom is 0.136 e. The van der Waals surface area contributed by atoms with E-state index in [4.69, 9.17) is 18.9 Å². The Bertz CT molecular complexity index is 1300. The third-order valence-electron chi connectivity index (χ3n) is 6.99. The summed E-state index contributed by atoms with van der Waals surface area (Å²) in [6.45, 7) is 3.01. The van der Waals surface area contributed by atoms with E-state index in [2.05, 4.69) is 6.92 Å². The number of ether oxygens (including phenoxy) is 4. The fraction of sp³-hybridized carbons (Fsp3) is 0.353. The quantitative estimate of drug-likeness (QED) is 0.157. The number of fused-ring (bicyclic) bond motifs is 1. The Labute approximate surface area is 232 Å². The number of methoxy groups -OCH3 is 2. The molecule has 4 aromatic carbocycles. The SMILES string of the molecule is CCCCCCCC(O)c1cc(OC)c2c(OCc3ccccc3)ccc(OCc3ccccc3)c2c1OC. The highest BCUT2D eigenvalue weighted by molar-refractivity contribution is 6.03. The minimum Gasteiger partial charge on any atom is -0.496 e. The van der Waals surface area contributed by atoms with Crippen LogP contribution < -0.4 is 18.9 Å². The molecule has 0 heterocycles. The predicted molar refractivity (Wildman–Crippen MR) is 157 cm³/mol. The normalized spacial score (nSPS) is 11.8. The number of unbranched alkanes of at least 4 members (excludes halogenated alkanes) is 4. The summed E-state index contributed by atoms with van der Waals surface area (Å²) in [6, 6.07) is 25.8. The molecule has 5 heteroatoms. The molecular formula is C34H40O5. The maximum absolute atomic E-state index is 11.3. The molecule has 4 aromatic rings. The Balaban J connectivity index is 1.75. The summed E-state index contributed by atoms with van der Waals surface area (Å²) in [5.74, 6) is 2.50. The Hall–Kier alpha value is -3.70. The number of aliphatic hydroxyl groups is 1. The van der Waals surface area contributed by atoms with Gasteiger partial charge >= 0.3 is 0 Å². The second-order valence-corrected chi connectivity index (χ2v) is 9.78. The van der Waals surface area contributed by atoms with Crippen LogP contribution in [0.3, 0.4) is 0 Å². The van der Waals surface area contributed by atoms with E-state index in [0.717, 1.165) is 34.7 Å². The van der Waals surface area contributed by atoms with Gasteiger partial charge in [0.15, 0.2) is 0 Å². The van der Waals surface area contributed by atoms with E-state index in [1.807, 2.05) is 78.9 Å². The van der Waals surface area contributed by atoms with Crippen molar-refractivity contribution in [1.29, 1.82) is 0 Å². The summed E-state index contributed by atoms with van der Waals surface area (Å²) in [4.78, 5) is 0. The lowest BCUT2D eigenvalue weighted by Gasteiger charge is -2.22. The molecule has 1 N–H and O–H groups in total. The van der Waals surface area contributed by atoms with Crippen molar-refractivity contribution in [2.45, 2.75) is 64.8 Å². The van der Waals surface area contributed by atoms with Crippen LogP contribution in [0.2, 0.25) is 0 Å². The van der Waals surface area contributed by atoms with Crippen molar-refractivity contribution >= 4 is 10.8 Å². The van der Waals surface area contributed by atoms with Crippen LogP contribution in [0.1, 0.15) is 68.2 Å². The van der Waals surface area contributed by atoms with Crippen molar-refractivity contribution in [2.24, 2.45) is 0 Å². The third kappa shape index (κ3) is 7.24. The molecule has 39 heavy (non-hydrogen) atoms. The van der Waals surface area contributed by atoms with Gasteiger partial charge in [0, 0.05) is 5.56 Å². The van der Waals surface area contributed by atoms with Gasteiger partial charge in [-0.1, -0.05) is 99.7 Å². The van der Waals surface area contributed by atoms with Crippen LogP contribution in [0.25, 0.3) is 10.8 Å². The van der Waals surface area contributed by atoms with Crippen LogP contribution >= 0.6 is 0 Å². The van der Waals surface area contributed by atoms with Gasteiger partial charge in [0.1, 0.15) is 36.2 Å². The number of rotatable bonds is 15. The highest BCUT2D eigenvalue weighted by atomic mass is 16.5. The first-order valence-corrected chi connectivity index (χ1v) is 13.9. The van der Waals surface area contributed by atoms with Gasteiger partial charge in [0.2, 0.25) is 0 Å². The van der Waals surface area contributed by atoms with Gasteiger partial charge < -0.3 is 24.1 Å². The molecule has 0 bridgehead atoms. The molecule has 0 saturated carbocycles. The van der Waals surface area contributed by atoms with E-state index < -0.39 is 6.10 Å². The second-order valence-electron chi connectivity index (χ2n) is 9.78. The van der Waals surface area contributed by atoms with Crippen LogP contribution in [-0.2, 0) is 13.2 Å². The van der Waals surface area contributed by atoms with Crippen molar-refractivity contribution in [3.63, 3.8) is 0 Å². The minimum absolute atomic E-state index is 0.399. The summed E-state index contributed by atoms with van der Waals surface area (Å²) in [6.07, 6.45) is 5.61. The summed E-state index contributed by atoms with van der Waals surface area (Å²) in [5, 5.41) is 12.8. The summed E-state index contributed by atoms with van der Waals surface area (Å²) in [7, 11) is 3.28. The number of hydrogen-bond acceptors (Lipinski definition) is 5. The van der Waals surface area contributed by atoms with Crippen molar-refractivity contribution < 1.29 is 24.1 Å². The van der Waals surface area contributed by atoms with Crippen LogP contribution in [0.15, 0.2) is 78.9 Å². The number of benzene rings is 4. The first kappa shape index (κ1) is 28.3. The zero-order chi connectivity index (χ0) is 27.5. The molecule has 0 aliphatic heterocycles. The lowest BCUT2D eigenvalue weighted by atomic mass is 9.96. The van der Waals surface area contributed by atoms with Crippen molar-refractivity contribution in [3.8, 4) is 23.0 Å². The second kappa shape index (κ2) is 14.5. The number of hydrogen-bond donors (Lipinski definition) is 1. The molecular weight excluding hydrogens is 488 g/mol. The van der Waals surface area contributed by atoms with E-state index in [-0.39, 0.29) is 0 Å². The Kier molecular flexibility index (Phi) is 10.5. The molecule has 5 nitrogen and oxygen atoms in total. The van der Waals surface area contributed by atoms with Gasteiger partial charge in [-0.3, -0.25) is 0 Å². The van der Waals surface area contributed by atoms with E-state index in [1.54, 1.807) is 14.2 Å². The number of aliphatic hydroxyl groups excluding tert-OH is 1. The average molecular weight is 529 g/mol. The Morgan fingerprint density at radius 1 is 0.641 bits per heavy atom. The smallest absolute Gasteiger partial charge is 0.136 e. The first-order valence-electron chi connectivity index (χ1n) is 13.9. The molecule has 0 radical (unpaired) electrons. The Morgan fingerprint density at radius 2 is 1.21 bits per heavy atom. The molecule has 1 atom stereocenters. The van der Waals surface area contributed by atoms with E-state index in [9.17, 15) is 5.11 Å². The minimum atomic E-state index is -0.684. The van der Waals surface area contributed by atoms with Crippen molar-refractivity contribution in [1.82, 2.24) is 0 Å². The first-order chi connectivity index (χ1) is 19.2. The lowest BCUT2D eigenvalue weighted by molar-refractivity contribution is 0.159. The van der Waals surface area contributed by atoms with Crippen molar-refractivity contribution in [2.75, 3.05) is 14.2 Å². The molecule has 1 unspecified atom stereocenters. The standard InChI is InChI=1S/C34H40O5/c1-4-5-6-7-14-19-28(35)27-22-31(36-2)32-29(38-23-25-15-10-8-11-16-25)20-21-30(33(32)34(27)37-3)39-24-26-17-12-9-13-18-26/h8-13,15-18,20-22,28,35H,4-7,14,19,23-24H2,1-3H3. The summed E-state index contributed by atoms with van der Waals surface area (Å²) < 4.78 is 24.5.